The van der Waals surface area contributed by atoms with E-state index in [-0.39, 0.29) is 10.0 Å². The molecule has 1 aromatic heterocycles. The Bertz CT molecular complexity index is 887. The van der Waals surface area contributed by atoms with Crippen LogP contribution in [0.2, 0.25) is 10.0 Å². The van der Waals surface area contributed by atoms with E-state index in [9.17, 15) is 13.2 Å². The lowest BCUT2D eigenvalue weighted by atomic mass is 10.2. The lowest BCUT2D eigenvalue weighted by Gasteiger charge is -2.14. The van der Waals surface area contributed by atoms with Crippen LogP contribution in [0.15, 0.2) is 49.2 Å². The first kappa shape index (κ1) is 16.0. The summed E-state index contributed by atoms with van der Waals surface area (Å²) in [6.45, 7) is 3.75. The quantitative estimate of drug-likeness (QED) is 0.488. The van der Waals surface area contributed by atoms with Gasteiger partial charge in [0.05, 0.1) is 26.8 Å². The Hall–Kier alpha value is -1.91. The number of alkyl halides is 3. The summed E-state index contributed by atoms with van der Waals surface area (Å²) >= 11 is 12.2. The summed E-state index contributed by atoms with van der Waals surface area (Å²) in [6.07, 6.45) is -1.08. The number of fused-ring (bicyclic) bond motifs is 1. The zero-order chi connectivity index (χ0) is 16.8. The second-order valence-corrected chi connectivity index (χ2v) is 5.78. The maximum absolute atomic E-state index is 12.9. The van der Waals surface area contributed by atoms with E-state index in [0.29, 0.717) is 5.69 Å². The molecule has 0 amide bonds. The molecule has 0 aliphatic rings. The summed E-state index contributed by atoms with van der Waals surface area (Å²) in [6, 6.07) is 9.20. The molecular weight excluding hydrogens is 346 g/mol. The van der Waals surface area contributed by atoms with E-state index in [0.717, 1.165) is 28.6 Å². The standard InChI is InChI=1S/C17H10Cl2F3N/c1-2-10-9-23(15-6-4-3-5-12(10)15)16-13(18)7-11(8-14(16)19)17(20,21)22/h2-9H,1H2. The third-order valence-electron chi connectivity index (χ3n) is 3.55. The average Bonchev–Trinajstić information content (AvgIpc) is 2.84. The lowest BCUT2D eigenvalue weighted by Crippen LogP contribution is -2.06. The van der Waals surface area contributed by atoms with Crippen LogP contribution in [0.3, 0.4) is 0 Å². The van der Waals surface area contributed by atoms with Crippen molar-refractivity contribution in [3.05, 3.63) is 70.3 Å². The second-order valence-electron chi connectivity index (χ2n) is 4.96. The zero-order valence-electron chi connectivity index (χ0n) is 11.7. The van der Waals surface area contributed by atoms with Crippen molar-refractivity contribution in [3.63, 3.8) is 0 Å². The van der Waals surface area contributed by atoms with Crippen LogP contribution in [0.1, 0.15) is 11.1 Å². The van der Waals surface area contributed by atoms with Crippen molar-refractivity contribution in [2.75, 3.05) is 0 Å². The predicted molar refractivity (Wildman–Crippen MR) is 88.4 cm³/mol. The number of benzene rings is 2. The summed E-state index contributed by atoms with van der Waals surface area (Å²) < 4.78 is 40.2. The van der Waals surface area contributed by atoms with Crippen molar-refractivity contribution in [1.82, 2.24) is 4.57 Å². The maximum atomic E-state index is 12.9. The third-order valence-corrected chi connectivity index (χ3v) is 4.12. The van der Waals surface area contributed by atoms with Gasteiger partial charge in [-0.3, -0.25) is 0 Å². The number of rotatable bonds is 2. The Morgan fingerprint density at radius 3 is 2.22 bits per heavy atom. The molecule has 2 aromatic carbocycles. The van der Waals surface area contributed by atoms with Crippen LogP contribution < -0.4 is 0 Å². The average molecular weight is 356 g/mol. The molecule has 0 saturated carbocycles. The van der Waals surface area contributed by atoms with Crippen LogP contribution >= 0.6 is 23.2 Å². The van der Waals surface area contributed by atoms with Crippen molar-refractivity contribution in [1.29, 1.82) is 0 Å². The van der Waals surface area contributed by atoms with E-state index in [1.165, 1.54) is 0 Å². The SMILES string of the molecule is C=Cc1cn(-c2c(Cl)cc(C(F)(F)F)cc2Cl)c2ccccc12. The molecule has 0 bridgehead atoms. The van der Waals surface area contributed by atoms with E-state index in [4.69, 9.17) is 23.2 Å². The van der Waals surface area contributed by atoms with Gasteiger partial charge in [-0.05, 0) is 23.8 Å². The number of hydrogen-bond acceptors (Lipinski definition) is 0. The van der Waals surface area contributed by atoms with Gasteiger partial charge < -0.3 is 4.57 Å². The van der Waals surface area contributed by atoms with Crippen molar-refractivity contribution in [2.24, 2.45) is 0 Å². The largest absolute Gasteiger partial charge is 0.416 e. The molecule has 0 N–H and O–H groups in total. The number of aromatic nitrogens is 1. The van der Waals surface area contributed by atoms with Gasteiger partial charge in [-0.2, -0.15) is 13.2 Å². The molecule has 3 rings (SSSR count). The smallest absolute Gasteiger partial charge is 0.313 e. The van der Waals surface area contributed by atoms with Gasteiger partial charge in [0, 0.05) is 11.6 Å². The van der Waals surface area contributed by atoms with E-state index in [2.05, 4.69) is 6.58 Å². The maximum Gasteiger partial charge on any atom is 0.416 e. The molecule has 0 aliphatic carbocycles. The van der Waals surface area contributed by atoms with Gasteiger partial charge in [0.2, 0.25) is 0 Å². The highest BCUT2D eigenvalue weighted by Crippen LogP contribution is 2.39. The Kier molecular flexibility index (Phi) is 3.90. The van der Waals surface area contributed by atoms with Gasteiger partial charge in [-0.1, -0.05) is 54.1 Å². The van der Waals surface area contributed by atoms with Gasteiger partial charge in [-0.25, -0.2) is 0 Å². The number of hydrogen-bond donors (Lipinski definition) is 0. The number of nitrogens with zero attached hydrogens (tertiary/aromatic N) is 1. The molecule has 0 unspecified atom stereocenters. The molecule has 0 saturated heterocycles. The van der Waals surface area contributed by atoms with Crippen LogP contribution in [-0.4, -0.2) is 4.57 Å². The van der Waals surface area contributed by atoms with E-state index >= 15 is 0 Å². The molecule has 1 heterocycles. The first-order valence-electron chi connectivity index (χ1n) is 6.62. The molecule has 0 spiro atoms. The molecule has 0 aliphatic heterocycles. The topological polar surface area (TPSA) is 4.93 Å². The normalized spacial score (nSPS) is 11.9. The van der Waals surface area contributed by atoms with Crippen LogP contribution in [-0.2, 0) is 6.18 Å². The molecule has 0 fully saturated rings. The van der Waals surface area contributed by atoms with Gasteiger partial charge in [-0.15, -0.1) is 0 Å². The Balaban J connectivity index is 2.30. The third kappa shape index (κ3) is 2.73. The van der Waals surface area contributed by atoms with Gasteiger partial charge >= 0.3 is 6.18 Å². The fraction of sp³-hybridized carbons (Fsp3) is 0.0588. The van der Waals surface area contributed by atoms with Crippen molar-refractivity contribution >= 4 is 40.2 Å². The summed E-state index contributed by atoms with van der Waals surface area (Å²) in [5, 5.41) is 0.775. The molecule has 0 atom stereocenters. The molecule has 3 aromatic rings. The van der Waals surface area contributed by atoms with E-state index < -0.39 is 11.7 Å². The van der Waals surface area contributed by atoms with Crippen LogP contribution in [0.4, 0.5) is 13.2 Å². The minimum atomic E-state index is -4.50. The van der Waals surface area contributed by atoms with Crippen LogP contribution in [0.25, 0.3) is 22.7 Å². The summed E-state index contributed by atoms with van der Waals surface area (Å²) in [7, 11) is 0. The first-order valence-corrected chi connectivity index (χ1v) is 7.37. The molecule has 118 valence electrons. The minimum absolute atomic E-state index is 0.0683. The molecule has 1 nitrogen and oxygen atoms in total. The number of halogens is 5. The monoisotopic (exact) mass is 355 g/mol. The minimum Gasteiger partial charge on any atom is -0.313 e. The second kappa shape index (κ2) is 5.62. The summed E-state index contributed by atoms with van der Waals surface area (Å²) in [5.74, 6) is 0. The predicted octanol–water partition coefficient (Wildman–Crippen LogP) is 6.60. The van der Waals surface area contributed by atoms with Crippen LogP contribution in [0, 0.1) is 0 Å². The van der Waals surface area contributed by atoms with Crippen molar-refractivity contribution in [3.8, 4) is 5.69 Å². The van der Waals surface area contributed by atoms with Gasteiger partial charge in [0.1, 0.15) is 0 Å². The van der Waals surface area contributed by atoms with Gasteiger partial charge in [0.15, 0.2) is 0 Å². The Labute approximate surface area is 140 Å². The highest BCUT2D eigenvalue weighted by molar-refractivity contribution is 6.38. The lowest BCUT2D eigenvalue weighted by molar-refractivity contribution is -0.137. The first-order chi connectivity index (χ1) is 10.8. The number of para-hydroxylation sites is 1. The molecule has 0 radical (unpaired) electrons. The highest BCUT2D eigenvalue weighted by Gasteiger charge is 2.32. The summed E-state index contributed by atoms with van der Waals surface area (Å²) in [4.78, 5) is 0. The van der Waals surface area contributed by atoms with Gasteiger partial charge in [0.25, 0.3) is 0 Å². The van der Waals surface area contributed by atoms with Crippen molar-refractivity contribution in [2.45, 2.75) is 6.18 Å². The highest BCUT2D eigenvalue weighted by atomic mass is 35.5. The van der Waals surface area contributed by atoms with Crippen molar-refractivity contribution < 1.29 is 13.2 Å². The molecule has 23 heavy (non-hydrogen) atoms. The Morgan fingerprint density at radius 1 is 1.04 bits per heavy atom. The molecule has 6 heteroatoms. The fourth-order valence-electron chi connectivity index (χ4n) is 2.51. The van der Waals surface area contributed by atoms with E-state index in [1.807, 2.05) is 24.3 Å². The summed E-state index contributed by atoms with van der Waals surface area (Å²) in [5.41, 5.74) is 1.06. The Morgan fingerprint density at radius 2 is 1.65 bits per heavy atom. The molecular formula is C17H10Cl2F3N. The fourth-order valence-corrected chi connectivity index (χ4v) is 3.18. The zero-order valence-corrected chi connectivity index (χ0v) is 13.2. The van der Waals surface area contributed by atoms with E-state index in [1.54, 1.807) is 16.8 Å². The van der Waals surface area contributed by atoms with Crippen LogP contribution in [0.5, 0.6) is 0 Å².